The average molecular weight is 376 g/mol. The second-order valence-corrected chi connectivity index (χ2v) is 8.13. The molecule has 2 heterocycles. The standard InChI is InChI=1S/C24H29N3O/c1-3-7-21(20-10-5-4-8-18(20)2)23(28)26-22-16-24(22)11-14-27(15-12-24)19-9-6-13-25-17-19/h4-10,13,17,22H,3,11-12,14-16H2,1-2H3,(H,26,28). The number of nitrogens with one attached hydrogen (secondary N) is 1. The molecule has 1 saturated carbocycles. The van der Waals surface area contributed by atoms with Crippen molar-refractivity contribution in [3.8, 4) is 0 Å². The van der Waals surface area contributed by atoms with Gasteiger partial charge < -0.3 is 10.2 Å². The first-order chi connectivity index (χ1) is 13.6. The number of allylic oxidation sites excluding steroid dienone is 1. The Hall–Kier alpha value is -2.62. The molecule has 2 aliphatic rings. The number of pyridine rings is 1. The molecule has 1 aliphatic heterocycles. The SMILES string of the molecule is CCC=C(C(=O)NC1CC12CCN(c1cccnc1)CC2)c1ccccc1C. The van der Waals surface area contributed by atoms with Gasteiger partial charge in [0, 0.05) is 30.9 Å². The normalized spacial score (nSPS) is 20.9. The van der Waals surface area contributed by atoms with E-state index < -0.39 is 0 Å². The van der Waals surface area contributed by atoms with Gasteiger partial charge in [0.1, 0.15) is 0 Å². The number of nitrogens with zero attached hydrogens (tertiary/aromatic N) is 2. The number of amides is 1. The fourth-order valence-corrected chi connectivity index (χ4v) is 4.50. The van der Waals surface area contributed by atoms with Gasteiger partial charge in [-0.1, -0.05) is 37.3 Å². The molecule has 146 valence electrons. The highest BCUT2D eigenvalue weighted by Gasteiger charge is 2.55. The molecule has 0 bridgehead atoms. The summed E-state index contributed by atoms with van der Waals surface area (Å²) < 4.78 is 0. The maximum absolute atomic E-state index is 13.0. The molecular weight excluding hydrogens is 346 g/mol. The zero-order valence-electron chi connectivity index (χ0n) is 16.8. The summed E-state index contributed by atoms with van der Waals surface area (Å²) in [6.07, 6.45) is 10.0. The third-order valence-electron chi connectivity index (χ3n) is 6.35. The van der Waals surface area contributed by atoms with Gasteiger partial charge in [0.25, 0.3) is 5.91 Å². The number of hydrogen-bond acceptors (Lipinski definition) is 3. The summed E-state index contributed by atoms with van der Waals surface area (Å²) in [5.41, 5.74) is 4.49. The molecule has 1 N–H and O–H groups in total. The molecule has 0 radical (unpaired) electrons. The van der Waals surface area contributed by atoms with Crippen LogP contribution in [0.4, 0.5) is 5.69 Å². The van der Waals surface area contributed by atoms with Crippen LogP contribution in [-0.4, -0.2) is 30.0 Å². The molecule has 1 amide bonds. The van der Waals surface area contributed by atoms with Crippen molar-refractivity contribution in [1.82, 2.24) is 10.3 Å². The number of aromatic nitrogens is 1. The van der Waals surface area contributed by atoms with E-state index in [0.29, 0.717) is 6.04 Å². The molecule has 4 rings (SSSR count). The highest BCUT2D eigenvalue weighted by molar-refractivity contribution is 6.20. The van der Waals surface area contributed by atoms with Crippen LogP contribution in [0.5, 0.6) is 0 Å². The first-order valence-electron chi connectivity index (χ1n) is 10.3. The number of anilines is 1. The second kappa shape index (κ2) is 7.78. The van der Waals surface area contributed by atoms with Crippen LogP contribution in [0, 0.1) is 12.3 Å². The Kier molecular flexibility index (Phi) is 5.21. The summed E-state index contributed by atoms with van der Waals surface area (Å²) in [5.74, 6) is 0.0766. The van der Waals surface area contributed by atoms with Crippen LogP contribution in [0.2, 0.25) is 0 Å². The highest BCUT2D eigenvalue weighted by Crippen LogP contribution is 2.54. The molecule has 1 aromatic carbocycles. The molecule has 4 heteroatoms. The summed E-state index contributed by atoms with van der Waals surface area (Å²) in [5, 5.41) is 3.34. The van der Waals surface area contributed by atoms with Gasteiger partial charge in [0.05, 0.1) is 11.9 Å². The highest BCUT2D eigenvalue weighted by atomic mass is 16.1. The third kappa shape index (κ3) is 3.68. The number of benzene rings is 1. The van der Waals surface area contributed by atoms with Gasteiger partial charge in [0.2, 0.25) is 0 Å². The van der Waals surface area contributed by atoms with Crippen molar-refractivity contribution in [3.05, 3.63) is 66.0 Å². The minimum atomic E-state index is 0.0766. The first kappa shape index (κ1) is 18.7. The summed E-state index contributed by atoms with van der Waals surface area (Å²) in [6.45, 7) is 6.22. The lowest BCUT2D eigenvalue weighted by atomic mass is 9.92. The predicted octanol–water partition coefficient (Wildman–Crippen LogP) is 4.36. The molecular formula is C24H29N3O. The van der Waals surface area contributed by atoms with Crippen LogP contribution in [0.25, 0.3) is 5.57 Å². The van der Waals surface area contributed by atoms with Crippen LogP contribution in [0.15, 0.2) is 54.9 Å². The third-order valence-corrected chi connectivity index (χ3v) is 6.35. The molecule has 1 aromatic heterocycles. The fourth-order valence-electron chi connectivity index (χ4n) is 4.50. The molecule has 2 aromatic rings. The van der Waals surface area contributed by atoms with E-state index in [-0.39, 0.29) is 11.3 Å². The predicted molar refractivity (Wildman–Crippen MR) is 114 cm³/mol. The van der Waals surface area contributed by atoms with Crippen molar-refractivity contribution in [2.24, 2.45) is 5.41 Å². The Morgan fingerprint density at radius 2 is 2.04 bits per heavy atom. The number of carbonyl (C=O) groups excluding carboxylic acids is 1. The van der Waals surface area contributed by atoms with Gasteiger partial charge in [-0.05, 0) is 61.3 Å². The van der Waals surface area contributed by atoms with E-state index in [0.717, 1.165) is 55.5 Å². The quantitative estimate of drug-likeness (QED) is 0.790. The van der Waals surface area contributed by atoms with E-state index in [1.54, 1.807) is 0 Å². The number of piperidine rings is 1. The van der Waals surface area contributed by atoms with E-state index in [2.05, 4.69) is 47.3 Å². The van der Waals surface area contributed by atoms with Crippen LogP contribution < -0.4 is 10.2 Å². The van der Waals surface area contributed by atoms with Crippen LogP contribution in [-0.2, 0) is 4.79 Å². The largest absolute Gasteiger partial charge is 0.370 e. The van der Waals surface area contributed by atoms with E-state index in [1.807, 2.05) is 36.7 Å². The smallest absolute Gasteiger partial charge is 0.251 e. The second-order valence-electron chi connectivity index (χ2n) is 8.13. The van der Waals surface area contributed by atoms with Crippen molar-refractivity contribution in [1.29, 1.82) is 0 Å². The topological polar surface area (TPSA) is 45.2 Å². The van der Waals surface area contributed by atoms with Gasteiger partial charge in [0.15, 0.2) is 0 Å². The van der Waals surface area contributed by atoms with Crippen molar-refractivity contribution in [3.63, 3.8) is 0 Å². The van der Waals surface area contributed by atoms with Gasteiger partial charge in [-0.3, -0.25) is 9.78 Å². The zero-order valence-corrected chi connectivity index (χ0v) is 16.8. The lowest BCUT2D eigenvalue weighted by Gasteiger charge is -2.34. The summed E-state index contributed by atoms with van der Waals surface area (Å²) >= 11 is 0. The average Bonchev–Trinajstić information content (AvgIpc) is 3.38. The van der Waals surface area contributed by atoms with E-state index in [9.17, 15) is 4.79 Å². The van der Waals surface area contributed by atoms with Gasteiger partial charge >= 0.3 is 0 Å². The minimum Gasteiger partial charge on any atom is -0.370 e. The Morgan fingerprint density at radius 3 is 2.71 bits per heavy atom. The summed E-state index contributed by atoms with van der Waals surface area (Å²) in [7, 11) is 0. The van der Waals surface area contributed by atoms with Crippen LogP contribution >= 0.6 is 0 Å². The molecule has 1 spiro atoms. The maximum atomic E-state index is 13.0. The molecule has 1 saturated heterocycles. The minimum absolute atomic E-state index is 0.0766. The fraction of sp³-hybridized carbons (Fsp3) is 0.417. The molecule has 1 atom stereocenters. The van der Waals surface area contributed by atoms with Crippen molar-refractivity contribution in [2.45, 2.75) is 45.6 Å². The Labute approximate surface area is 167 Å². The van der Waals surface area contributed by atoms with Crippen LogP contribution in [0.1, 0.15) is 43.7 Å². The van der Waals surface area contributed by atoms with E-state index in [1.165, 1.54) is 5.69 Å². The van der Waals surface area contributed by atoms with E-state index in [4.69, 9.17) is 0 Å². The van der Waals surface area contributed by atoms with Crippen LogP contribution in [0.3, 0.4) is 0 Å². The molecule has 1 unspecified atom stereocenters. The van der Waals surface area contributed by atoms with Gasteiger partial charge in [-0.25, -0.2) is 0 Å². The number of carbonyl (C=O) groups is 1. The molecule has 1 aliphatic carbocycles. The van der Waals surface area contributed by atoms with E-state index >= 15 is 0 Å². The number of aryl methyl sites for hydroxylation is 1. The zero-order chi connectivity index (χ0) is 19.6. The Bertz CT molecular complexity index is 866. The van der Waals surface area contributed by atoms with Gasteiger partial charge in [-0.15, -0.1) is 0 Å². The number of hydrogen-bond donors (Lipinski definition) is 1. The molecule has 4 nitrogen and oxygen atoms in total. The summed E-state index contributed by atoms with van der Waals surface area (Å²) in [6, 6.07) is 12.6. The first-order valence-corrected chi connectivity index (χ1v) is 10.3. The monoisotopic (exact) mass is 375 g/mol. The summed E-state index contributed by atoms with van der Waals surface area (Å²) in [4.78, 5) is 19.7. The Balaban J connectivity index is 1.39. The lowest BCUT2D eigenvalue weighted by molar-refractivity contribution is -0.116. The number of rotatable bonds is 5. The Morgan fingerprint density at radius 1 is 1.25 bits per heavy atom. The maximum Gasteiger partial charge on any atom is 0.251 e. The van der Waals surface area contributed by atoms with Crippen molar-refractivity contribution < 1.29 is 4.79 Å². The van der Waals surface area contributed by atoms with Crippen molar-refractivity contribution in [2.75, 3.05) is 18.0 Å². The van der Waals surface area contributed by atoms with Crippen molar-refractivity contribution >= 4 is 17.2 Å². The van der Waals surface area contributed by atoms with Gasteiger partial charge in [-0.2, -0.15) is 0 Å². The molecule has 28 heavy (non-hydrogen) atoms. The molecule has 2 fully saturated rings. The lowest BCUT2D eigenvalue weighted by Crippen LogP contribution is -2.39.